The Bertz CT molecular complexity index is 859. The van der Waals surface area contributed by atoms with Crippen molar-refractivity contribution in [2.45, 2.75) is 27.7 Å². The van der Waals surface area contributed by atoms with Crippen LogP contribution < -0.4 is 10.6 Å². The minimum atomic E-state index is -1.44. The number of amides is 2. The molecule has 14 heteroatoms. The lowest BCUT2D eigenvalue weighted by Crippen LogP contribution is -2.44. The summed E-state index contributed by atoms with van der Waals surface area (Å²) in [5.41, 5.74) is -2.88. The minimum absolute atomic E-state index is 0.512. The van der Waals surface area contributed by atoms with Crippen LogP contribution in [-0.4, -0.2) is 87.8 Å². The molecule has 0 aliphatic rings. The summed E-state index contributed by atoms with van der Waals surface area (Å²) < 4.78 is 18.4. The smallest absolute Gasteiger partial charge is 0.331 e. The van der Waals surface area contributed by atoms with Gasteiger partial charge in [0.15, 0.2) is 0 Å². The highest BCUT2D eigenvalue weighted by molar-refractivity contribution is 6.38. The van der Waals surface area contributed by atoms with Gasteiger partial charge in [0, 0.05) is 12.2 Å². The number of nitrogens with one attached hydrogen (secondary N) is 2. The Hall–Kier alpha value is -4.10. The zero-order chi connectivity index (χ0) is 28.1. The predicted molar refractivity (Wildman–Crippen MR) is 119 cm³/mol. The SMILES string of the molecule is COC(=O)CNC(=O)C(=O)C(C)(C)COC(=O)/C=C/C(=O)OCC(C)(C)C(=O)C(=O)NCC(=O)OC. The van der Waals surface area contributed by atoms with Crippen LogP contribution >= 0.6 is 0 Å². The fourth-order valence-electron chi connectivity index (χ4n) is 2.09. The molecule has 0 aromatic heterocycles. The van der Waals surface area contributed by atoms with Gasteiger partial charge in [-0.3, -0.25) is 28.8 Å². The highest BCUT2D eigenvalue weighted by atomic mass is 16.5. The molecule has 0 spiro atoms. The van der Waals surface area contributed by atoms with Gasteiger partial charge in [-0.25, -0.2) is 9.59 Å². The molecular formula is C22H30N2O12. The van der Waals surface area contributed by atoms with E-state index in [1.54, 1.807) is 0 Å². The van der Waals surface area contributed by atoms with E-state index in [0.717, 1.165) is 14.2 Å². The van der Waals surface area contributed by atoms with Gasteiger partial charge in [-0.15, -0.1) is 0 Å². The maximum absolute atomic E-state index is 12.2. The third kappa shape index (κ3) is 11.4. The number of carbonyl (C=O) groups excluding carboxylic acids is 8. The Kier molecular flexibility index (Phi) is 12.7. The second kappa shape index (κ2) is 14.3. The molecule has 0 unspecified atom stereocenters. The Labute approximate surface area is 207 Å². The number of carbonyl (C=O) groups is 8. The zero-order valence-corrected chi connectivity index (χ0v) is 20.9. The molecule has 0 aliphatic heterocycles. The second-order valence-corrected chi connectivity index (χ2v) is 8.49. The Morgan fingerprint density at radius 3 is 1.19 bits per heavy atom. The largest absolute Gasteiger partial charge is 0.468 e. The van der Waals surface area contributed by atoms with Crippen molar-refractivity contribution in [1.82, 2.24) is 10.6 Å². The van der Waals surface area contributed by atoms with E-state index in [0.29, 0.717) is 12.2 Å². The number of methoxy groups -OCH3 is 2. The number of Topliss-reactive ketones (excluding diaryl/α,β-unsaturated/α-hetero) is 2. The summed E-state index contributed by atoms with van der Waals surface area (Å²) in [6.45, 7) is 3.27. The van der Waals surface area contributed by atoms with E-state index in [4.69, 9.17) is 9.47 Å². The van der Waals surface area contributed by atoms with Crippen LogP contribution in [0.1, 0.15) is 27.7 Å². The molecule has 0 atom stereocenters. The van der Waals surface area contributed by atoms with E-state index >= 15 is 0 Å². The molecule has 0 aromatic rings. The molecule has 14 nitrogen and oxygen atoms in total. The van der Waals surface area contributed by atoms with E-state index in [1.165, 1.54) is 27.7 Å². The molecule has 0 aliphatic carbocycles. The highest BCUT2D eigenvalue weighted by Crippen LogP contribution is 2.18. The van der Waals surface area contributed by atoms with Crippen LogP contribution in [0.15, 0.2) is 12.2 Å². The van der Waals surface area contributed by atoms with E-state index in [2.05, 4.69) is 20.1 Å². The lowest BCUT2D eigenvalue weighted by Gasteiger charge is -2.21. The Morgan fingerprint density at radius 2 is 0.917 bits per heavy atom. The summed E-state index contributed by atoms with van der Waals surface area (Å²) in [5, 5.41) is 4.15. The first kappa shape index (κ1) is 31.9. The summed E-state index contributed by atoms with van der Waals surface area (Å²) >= 11 is 0. The lowest BCUT2D eigenvalue weighted by molar-refractivity contribution is -0.151. The normalized spacial score (nSPS) is 11.2. The van der Waals surface area contributed by atoms with Crippen LogP contribution in [0.4, 0.5) is 0 Å². The molecule has 0 saturated carbocycles. The standard InChI is InChI=1S/C22H30N2O12/c1-21(2,17(29)19(31)23-9-15(27)33-5)11-35-13(25)7-8-14(26)36-12-22(3,4)18(30)20(32)24-10-16(28)34-6/h7-8H,9-12H2,1-6H3,(H,23,31)(H,24,32)/b8-7+. The van der Waals surface area contributed by atoms with Crippen molar-refractivity contribution in [1.29, 1.82) is 0 Å². The maximum Gasteiger partial charge on any atom is 0.331 e. The van der Waals surface area contributed by atoms with Crippen molar-refractivity contribution in [3.63, 3.8) is 0 Å². The molecule has 0 fully saturated rings. The number of hydrogen-bond acceptors (Lipinski definition) is 12. The fraction of sp³-hybridized carbons (Fsp3) is 0.545. The van der Waals surface area contributed by atoms with Crippen molar-refractivity contribution in [3.8, 4) is 0 Å². The summed E-state index contributed by atoms with van der Waals surface area (Å²) in [4.78, 5) is 93.9. The molecule has 0 bridgehead atoms. The van der Waals surface area contributed by atoms with Crippen molar-refractivity contribution in [2.75, 3.05) is 40.5 Å². The van der Waals surface area contributed by atoms with Gasteiger partial charge in [-0.1, -0.05) is 0 Å². The van der Waals surface area contributed by atoms with Crippen LogP contribution in [0, 0.1) is 10.8 Å². The van der Waals surface area contributed by atoms with Crippen LogP contribution in [0.5, 0.6) is 0 Å². The molecule has 2 N–H and O–H groups in total. The fourth-order valence-corrected chi connectivity index (χ4v) is 2.09. The first-order valence-corrected chi connectivity index (χ1v) is 10.4. The molecule has 200 valence electrons. The quantitative estimate of drug-likeness (QED) is 0.117. The van der Waals surface area contributed by atoms with Crippen LogP contribution in [0.25, 0.3) is 0 Å². The summed E-state index contributed by atoms with van der Waals surface area (Å²) in [5.74, 6) is -7.62. The third-order valence-corrected chi connectivity index (χ3v) is 4.39. The summed E-state index contributed by atoms with van der Waals surface area (Å²) in [6.07, 6.45) is 1.41. The number of ether oxygens (including phenoxy) is 4. The van der Waals surface area contributed by atoms with Crippen molar-refractivity contribution < 1.29 is 57.3 Å². The number of rotatable bonds is 14. The van der Waals surface area contributed by atoms with Gasteiger partial charge >= 0.3 is 23.9 Å². The molecule has 0 heterocycles. The first-order chi connectivity index (χ1) is 16.6. The van der Waals surface area contributed by atoms with E-state index in [-0.39, 0.29) is 0 Å². The molecule has 0 saturated heterocycles. The number of hydrogen-bond donors (Lipinski definition) is 2. The van der Waals surface area contributed by atoms with Crippen molar-refractivity contribution in [3.05, 3.63) is 12.2 Å². The van der Waals surface area contributed by atoms with Gasteiger partial charge in [0.05, 0.1) is 25.0 Å². The molecule has 0 aromatic carbocycles. The lowest BCUT2D eigenvalue weighted by atomic mass is 9.88. The number of ketones is 2. The van der Waals surface area contributed by atoms with Crippen molar-refractivity contribution in [2.24, 2.45) is 10.8 Å². The maximum atomic E-state index is 12.2. The van der Waals surface area contributed by atoms with Crippen molar-refractivity contribution >= 4 is 47.3 Å². The number of esters is 4. The van der Waals surface area contributed by atoms with Gasteiger partial charge in [0.2, 0.25) is 11.6 Å². The third-order valence-electron chi connectivity index (χ3n) is 4.39. The van der Waals surface area contributed by atoms with Crippen LogP contribution in [0.3, 0.4) is 0 Å². The monoisotopic (exact) mass is 514 g/mol. The van der Waals surface area contributed by atoms with Crippen LogP contribution in [0.2, 0.25) is 0 Å². The second-order valence-electron chi connectivity index (χ2n) is 8.49. The minimum Gasteiger partial charge on any atom is -0.468 e. The Balaban J connectivity index is 4.69. The first-order valence-electron chi connectivity index (χ1n) is 10.4. The average molecular weight is 514 g/mol. The van der Waals surface area contributed by atoms with E-state index in [1.807, 2.05) is 0 Å². The predicted octanol–water partition coefficient (Wildman–Crippen LogP) is -1.60. The topological polar surface area (TPSA) is 198 Å². The van der Waals surface area contributed by atoms with Gasteiger partial charge in [0.1, 0.15) is 26.3 Å². The van der Waals surface area contributed by atoms with Gasteiger partial charge < -0.3 is 29.6 Å². The molecule has 2 amide bonds. The van der Waals surface area contributed by atoms with E-state index < -0.39 is 84.4 Å². The van der Waals surface area contributed by atoms with Gasteiger partial charge in [-0.05, 0) is 27.7 Å². The van der Waals surface area contributed by atoms with Gasteiger partial charge in [0.25, 0.3) is 11.8 Å². The summed E-state index contributed by atoms with van der Waals surface area (Å²) in [6, 6.07) is 0. The Morgan fingerprint density at radius 1 is 0.611 bits per heavy atom. The highest BCUT2D eigenvalue weighted by Gasteiger charge is 2.35. The summed E-state index contributed by atoms with van der Waals surface area (Å²) in [7, 11) is 2.22. The molecule has 0 radical (unpaired) electrons. The van der Waals surface area contributed by atoms with Gasteiger partial charge in [-0.2, -0.15) is 0 Å². The average Bonchev–Trinajstić information content (AvgIpc) is 2.84. The molecule has 0 rings (SSSR count). The molecule has 36 heavy (non-hydrogen) atoms. The zero-order valence-electron chi connectivity index (χ0n) is 20.9. The molecular weight excluding hydrogens is 484 g/mol. The van der Waals surface area contributed by atoms with Crippen LogP contribution in [-0.2, 0) is 57.3 Å². The van der Waals surface area contributed by atoms with E-state index in [9.17, 15) is 38.4 Å².